The highest BCUT2D eigenvalue weighted by atomic mass is 16.3. The molecule has 0 saturated heterocycles. The molecular weight excluding hydrogens is 466 g/mol. The molecule has 190 valence electrons. The molecule has 0 spiro atoms. The maximum absolute atomic E-state index is 13.9. The Hall–Kier alpha value is -3.81. The predicted octanol–water partition coefficient (Wildman–Crippen LogP) is 0.401. The maximum atomic E-state index is 13.9. The van der Waals surface area contributed by atoms with Gasteiger partial charge in [0, 0.05) is 31.3 Å². The van der Waals surface area contributed by atoms with Gasteiger partial charge in [-0.25, -0.2) is 0 Å². The Morgan fingerprint density at radius 1 is 1.17 bits per heavy atom. The lowest BCUT2D eigenvalue weighted by molar-refractivity contribution is -0.153. The molecule has 4 atom stereocenters. The van der Waals surface area contributed by atoms with Crippen LogP contribution in [0.2, 0.25) is 0 Å². The average Bonchev–Trinajstić information content (AvgIpc) is 2.77. The minimum absolute atomic E-state index is 0.0234. The average molecular weight is 496 g/mol. The summed E-state index contributed by atoms with van der Waals surface area (Å²) in [7, 11) is 6.72. The number of rotatable bonds is 3. The minimum atomic E-state index is -2.66. The van der Waals surface area contributed by atoms with E-state index in [1.54, 1.807) is 46.1 Å². The first-order valence-electron chi connectivity index (χ1n) is 11.4. The lowest BCUT2D eigenvalue weighted by Gasteiger charge is -2.50. The van der Waals surface area contributed by atoms with Gasteiger partial charge in [-0.1, -0.05) is 5.92 Å². The summed E-state index contributed by atoms with van der Waals surface area (Å²) in [6.07, 6.45) is 0.255. The van der Waals surface area contributed by atoms with Crippen molar-refractivity contribution in [3.05, 3.63) is 39.7 Å². The van der Waals surface area contributed by atoms with E-state index < -0.39 is 58.0 Å². The number of ketones is 2. The third-order valence-corrected chi connectivity index (χ3v) is 7.44. The zero-order valence-corrected chi connectivity index (χ0v) is 20.7. The molecule has 3 aliphatic carbocycles. The van der Waals surface area contributed by atoms with Gasteiger partial charge in [0.25, 0.3) is 5.91 Å². The van der Waals surface area contributed by atoms with Crippen molar-refractivity contribution in [2.45, 2.75) is 31.4 Å². The Morgan fingerprint density at radius 2 is 1.81 bits per heavy atom. The Balaban J connectivity index is 2.03. The van der Waals surface area contributed by atoms with E-state index in [0.717, 1.165) is 0 Å². The number of carbonyl (C=O) groups is 3. The Labute approximate surface area is 208 Å². The maximum Gasteiger partial charge on any atom is 0.255 e. The summed E-state index contributed by atoms with van der Waals surface area (Å²) in [4.78, 5) is 42.3. The van der Waals surface area contributed by atoms with Crippen LogP contribution in [0.1, 0.15) is 30.0 Å². The van der Waals surface area contributed by atoms with Crippen LogP contribution in [0.3, 0.4) is 0 Å². The molecule has 0 aliphatic heterocycles. The lowest BCUT2D eigenvalue weighted by Crippen LogP contribution is -2.65. The van der Waals surface area contributed by atoms with Gasteiger partial charge >= 0.3 is 0 Å². The molecule has 0 heterocycles. The molecule has 1 saturated carbocycles. The number of amides is 1. The topological polar surface area (TPSA) is 165 Å². The van der Waals surface area contributed by atoms with Crippen LogP contribution in [-0.4, -0.2) is 82.6 Å². The second-order valence-corrected chi connectivity index (χ2v) is 9.88. The molecular formula is C26H29N3O7. The third-order valence-electron chi connectivity index (χ3n) is 7.44. The van der Waals surface area contributed by atoms with Gasteiger partial charge < -0.3 is 31.1 Å². The number of benzene rings is 1. The van der Waals surface area contributed by atoms with Crippen molar-refractivity contribution in [3.8, 4) is 17.6 Å². The van der Waals surface area contributed by atoms with Crippen molar-refractivity contribution in [2.24, 2.45) is 17.6 Å². The normalized spacial score (nSPS) is 27.2. The first-order chi connectivity index (χ1) is 16.8. The monoisotopic (exact) mass is 495 g/mol. The van der Waals surface area contributed by atoms with Gasteiger partial charge in [0.05, 0.1) is 17.2 Å². The smallest absolute Gasteiger partial charge is 0.255 e. The van der Waals surface area contributed by atoms with E-state index in [9.17, 15) is 34.8 Å². The van der Waals surface area contributed by atoms with Crippen LogP contribution in [0.25, 0.3) is 5.76 Å². The molecule has 4 rings (SSSR count). The summed E-state index contributed by atoms with van der Waals surface area (Å²) in [5.74, 6) is -1.29. The molecule has 1 aromatic carbocycles. The zero-order valence-electron chi connectivity index (χ0n) is 20.7. The number of fused-ring (bicyclic) bond motifs is 3. The molecule has 1 aromatic rings. The summed E-state index contributed by atoms with van der Waals surface area (Å²) in [6.45, 7) is 1.60. The number of nitrogens with zero attached hydrogens (tertiary/aromatic N) is 2. The fraction of sp³-hybridized carbons (Fsp3) is 0.423. The number of aliphatic hydroxyl groups excluding tert-OH is 2. The van der Waals surface area contributed by atoms with Gasteiger partial charge in [-0.3, -0.25) is 19.3 Å². The number of anilines is 1. The third kappa shape index (κ3) is 3.23. The fourth-order valence-electron chi connectivity index (χ4n) is 5.92. The van der Waals surface area contributed by atoms with Crippen LogP contribution >= 0.6 is 0 Å². The number of carbonyl (C=O) groups excluding carboxylic acids is 3. The van der Waals surface area contributed by atoms with Crippen molar-refractivity contribution in [1.82, 2.24) is 4.90 Å². The molecule has 1 fully saturated rings. The van der Waals surface area contributed by atoms with Crippen LogP contribution < -0.4 is 10.6 Å². The summed E-state index contributed by atoms with van der Waals surface area (Å²) in [5.41, 5.74) is 3.19. The predicted molar refractivity (Wildman–Crippen MR) is 131 cm³/mol. The number of aliphatic hydroxyl groups is 3. The molecule has 0 aromatic heterocycles. The van der Waals surface area contributed by atoms with Crippen molar-refractivity contribution in [3.63, 3.8) is 0 Å². The zero-order chi connectivity index (χ0) is 26.9. The van der Waals surface area contributed by atoms with Crippen molar-refractivity contribution in [1.29, 1.82) is 0 Å². The van der Waals surface area contributed by atoms with E-state index in [1.807, 2.05) is 0 Å². The molecule has 36 heavy (non-hydrogen) atoms. The van der Waals surface area contributed by atoms with E-state index in [-0.39, 0.29) is 35.3 Å². The number of hydrogen-bond acceptors (Lipinski definition) is 9. The van der Waals surface area contributed by atoms with Gasteiger partial charge in [0.2, 0.25) is 5.78 Å². The number of nitrogens with two attached hydrogens (primary N) is 1. The number of phenols is 1. The lowest BCUT2D eigenvalue weighted by atomic mass is 9.57. The number of primary amides is 1. The molecule has 0 unspecified atom stereocenters. The Morgan fingerprint density at radius 3 is 2.33 bits per heavy atom. The van der Waals surface area contributed by atoms with Crippen LogP contribution in [0.15, 0.2) is 23.0 Å². The summed E-state index contributed by atoms with van der Waals surface area (Å²) >= 11 is 0. The van der Waals surface area contributed by atoms with Crippen LogP contribution in [0, 0.1) is 23.7 Å². The van der Waals surface area contributed by atoms with Crippen molar-refractivity contribution in [2.75, 3.05) is 33.1 Å². The van der Waals surface area contributed by atoms with Gasteiger partial charge in [0.15, 0.2) is 11.4 Å². The fourth-order valence-corrected chi connectivity index (χ4v) is 5.92. The second kappa shape index (κ2) is 8.40. The number of Topliss-reactive ketones (excluding diaryl/α,β-unsaturated/α-hetero) is 2. The highest BCUT2D eigenvalue weighted by molar-refractivity contribution is 6.24. The van der Waals surface area contributed by atoms with E-state index in [2.05, 4.69) is 11.8 Å². The van der Waals surface area contributed by atoms with Crippen molar-refractivity contribution < 1.29 is 34.8 Å². The molecule has 0 bridgehead atoms. The number of hydrogen-bond donors (Lipinski definition) is 5. The van der Waals surface area contributed by atoms with Gasteiger partial charge in [-0.15, -0.1) is 5.92 Å². The van der Waals surface area contributed by atoms with E-state index in [4.69, 9.17) is 5.73 Å². The highest BCUT2D eigenvalue weighted by Crippen LogP contribution is 2.54. The first kappa shape index (κ1) is 25.3. The van der Waals surface area contributed by atoms with Gasteiger partial charge in [-0.2, -0.15) is 0 Å². The van der Waals surface area contributed by atoms with Gasteiger partial charge in [0.1, 0.15) is 22.8 Å². The number of phenolic OH excluding ortho intramolecular Hbond substituents is 1. The summed E-state index contributed by atoms with van der Waals surface area (Å²) in [6, 6.07) is 0.580. The molecule has 0 radical (unpaired) electrons. The summed E-state index contributed by atoms with van der Waals surface area (Å²) < 4.78 is 0. The molecule has 6 N–H and O–H groups in total. The van der Waals surface area contributed by atoms with Crippen LogP contribution in [-0.2, 0) is 20.8 Å². The largest absolute Gasteiger partial charge is 0.508 e. The van der Waals surface area contributed by atoms with E-state index in [1.165, 1.54) is 4.90 Å². The van der Waals surface area contributed by atoms with E-state index >= 15 is 0 Å². The van der Waals surface area contributed by atoms with Gasteiger partial charge in [-0.05, 0) is 51.4 Å². The quantitative estimate of drug-likeness (QED) is 0.295. The van der Waals surface area contributed by atoms with E-state index in [0.29, 0.717) is 11.3 Å². The van der Waals surface area contributed by atoms with Crippen LogP contribution in [0.4, 0.5) is 5.69 Å². The molecule has 3 aliphatic rings. The summed E-state index contributed by atoms with van der Waals surface area (Å²) in [5, 5.41) is 44.9. The number of aromatic hydroxyl groups is 1. The highest BCUT2D eigenvalue weighted by Gasteiger charge is 2.64. The Bertz CT molecular complexity index is 1350. The standard InChI is InChI=1S/C26H29N3O7/c1-6-7-11-10-15(28(2)3)13-8-12-9-14-19(29(4)5)22(32)18(25(27)35)24(34)26(14,36)23(33)16(12)21(31)17(13)20(11)30/h10,12,14,19,30-31,34,36H,8-9H2,1-5H3,(H2,27,35)/t12-,14-,19+,26-/m0/s1. The van der Waals surface area contributed by atoms with Crippen LogP contribution in [0.5, 0.6) is 5.75 Å². The molecule has 10 nitrogen and oxygen atoms in total. The molecule has 10 heteroatoms. The molecule has 1 amide bonds. The minimum Gasteiger partial charge on any atom is -0.508 e. The second-order valence-electron chi connectivity index (χ2n) is 9.88. The SMILES string of the molecule is CC#Cc1cc(N(C)C)c2c(c1O)C(O)=C1C(=O)[C@]3(O)C(O)=C(C(N)=O)C(=O)[C@H](N(C)C)[C@@H]3C[C@@H]1C2. The Kier molecular flexibility index (Phi) is 5.90. The number of likely N-dealkylation sites (N-methyl/N-ethyl adjacent to an activating group) is 1. The first-order valence-corrected chi connectivity index (χ1v) is 11.4. The van der Waals surface area contributed by atoms with Crippen molar-refractivity contribution >= 4 is 28.9 Å².